The number of halogens is 1. The van der Waals surface area contributed by atoms with Crippen LogP contribution in [0.3, 0.4) is 0 Å². The van der Waals surface area contributed by atoms with Crippen molar-refractivity contribution in [1.29, 1.82) is 0 Å². The maximum Gasteiger partial charge on any atom is 0.322 e. The minimum absolute atomic E-state index is 0.00454. The zero-order valence-electron chi connectivity index (χ0n) is 13.2. The van der Waals surface area contributed by atoms with E-state index in [-0.39, 0.29) is 30.1 Å². The molecule has 1 aromatic carbocycles. The van der Waals surface area contributed by atoms with Crippen LogP contribution in [0.2, 0.25) is 5.02 Å². The molecule has 1 unspecified atom stereocenters. The summed E-state index contributed by atoms with van der Waals surface area (Å²) in [5.74, 6) is 0.00454. The number of amides is 3. The van der Waals surface area contributed by atoms with Crippen LogP contribution in [0.25, 0.3) is 0 Å². The average molecular weight is 336 g/mol. The van der Waals surface area contributed by atoms with E-state index in [4.69, 9.17) is 11.6 Å². The second kappa shape index (κ2) is 6.79. The molecule has 3 amide bonds. The third kappa shape index (κ3) is 3.78. The normalized spacial score (nSPS) is 26.5. The number of carbonyl (C=O) groups is 2. The predicted octanol–water partition coefficient (Wildman–Crippen LogP) is 3.39. The number of fused-ring (bicyclic) bond motifs is 2. The van der Waals surface area contributed by atoms with Crippen molar-refractivity contribution in [2.75, 3.05) is 5.32 Å². The monoisotopic (exact) mass is 335 g/mol. The van der Waals surface area contributed by atoms with Gasteiger partial charge in [-0.3, -0.25) is 4.79 Å². The number of rotatable bonds is 2. The SMILES string of the molecule is CC(=O)NC1C[C@H]2CCC[C@@H](C1)N2C(=O)Nc1cccc(Cl)c1. The molecular weight excluding hydrogens is 314 g/mol. The summed E-state index contributed by atoms with van der Waals surface area (Å²) < 4.78 is 0. The van der Waals surface area contributed by atoms with Gasteiger partial charge in [-0.05, 0) is 50.3 Å². The zero-order valence-corrected chi connectivity index (χ0v) is 14.0. The van der Waals surface area contributed by atoms with Gasteiger partial charge in [-0.25, -0.2) is 4.79 Å². The Morgan fingerprint density at radius 2 is 1.91 bits per heavy atom. The molecule has 0 radical (unpaired) electrons. The first-order valence-electron chi connectivity index (χ1n) is 8.15. The predicted molar refractivity (Wildman–Crippen MR) is 90.6 cm³/mol. The Kier molecular flexibility index (Phi) is 4.76. The van der Waals surface area contributed by atoms with Gasteiger partial charge in [0.05, 0.1) is 0 Å². The Bertz CT molecular complexity index is 593. The van der Waals surface area contributed by atoms with Crippen LogP contribution < -0.4 is 10.6 Å². The van der Waals surface area contributed by atoms with E-state index in [0.717, 1.165) is 32.1 Å². The fraction of sp³-hybridized carbons (Fsp3) is 0.529. The number of carbonyl (C=O) groups excluding carboxylic acids is 2. The highest BCUT2D eigenvalue weighted by molar-refractivity contribution is 6.30. The van der Waals surface area contributed by atoms with Gasteiger partial charge >= 0.3 is 6.03 Å². The van der Waals surface area contributed by atoms with E-state index in [1.54, 1.807) is 19.1 Å². The molecule has 0 saturated carbocycles. The standard InChI is InChI=1S/C17H22ClN3O2/c1-11(22)19-14-9-15-6-3-7-16(10-14)21(15)17(23)20-13-5-2-4-12(18)8-13/h2,4-5,8,14-16H,3,6-7,9-10H2,1H3,(H,19,22)(H,20,23)/t14?,15-,16+. The highest BCUT2D eigenvalue weighted by Gasteiger charge is 2.41. The van der Waals surface area contributed by atoms with Crippen LogP contribution in [0.1, 0.15) is 39.0 Å². The first-order valence-corrected chi connectivity index (χ1v) is 8.52. The summed E-state index contributed by atoms with van der Waals surface area (Å²) in [6.45, 7) is 1.55. The molecule has 3 atom stereocenters. The molecule has 0 spiro atoms. The average Bonchev–Trinajstić information content (AvgIpc) is 2.45. The van der Waals surface area contributed by atoms with E-state index in [1.165, 1.54) is 0 Å². The van der Waals surface area contributed by atoms with Crippen LogP contribution in [0.15, 0.2) is 24.3 Å². The maximum atomic E-state index is 12.7. The van der Waals surface area contributed by atoms with Gasteiger partial charge in [0.2, 0.25) is 5.91 Å². The van der Waals surface area contributed by atoms with Crippen molar-refractivity contribution >= 4 is 29.2 Å². The van der Waals surface area contributed by atoms with Gasteiger partial charge < -0.3 is 15.5 Å². The lowest BCUT2D eigenvalue weighted by Crippen LogP contribution is -2.59. The molecule has 3 rings (SSSR count). The smallest absolute Gasteiger partial charge is 0.322 e. The molecule has 0 aromatic heterocycles. The number of hydrogen-bond acceptors (Lipinski definition) is 2. The number of nitrogens with one attached hydrogen (secondary N) is 2. The molecule has 2 saturated heterocycles. The van der Waals surface area contributed by atoms with E-state index >= 15 is 0 Å². The summed E-state index contributed by atoms with van der Waals surface area (Å²) in [5, 5.41) is 6.57. The summed E-state index contributed by atoms with van der Waals surface area (Å²) in [7, 11) is 0. The van der Waals surface area contributed by atoms with E-state index in [1.807, 2.05) is 17.0 Å². The van der Waals surface area contributed by atoms with Gasteiger partial charge in [-0.2, -0.15) is 0 Å². The van der Waals surface area contributed by atoms with E-state index in [2.05, 4.69) is 10.6 Å². The van der Waals surface area contributed by atoms with E-state index in [9.17, 15) is 9.59 Å². The number of hydrogen-bond donors (Lipinski definition) is 2. The van der Waals surface area contributed by atoms with Gasteiger partial charge in [-0.1, -0.05) is 17.7 Å². The summed E-state index contributed by atoms with van der Waals surface area (Å²) in [6, 6.07) is 7.69. The Balaban J connectivity index is 1.69. The topological polar surface area (TPSA) is 61.4 Å². The van der Waals surface area contributed by atoms with Crippen molar-refractivity contribution in [2.45, 2.75) is 57.2 Å². The minimum Gasteiger partial charge on any atom is -0.353 e. The summed E-state index contributed by atoms with van der Waals surface area (Å²) in [4.78, 5) is 26.0. The Hall–Kier alpha value is -1.75. The molecule has 124 valence electrons. The van der Waals surface area contributed by atoms with Crippen LogP contribution in [-0.4, -0.2) is 35.0 Å². The first-order chi connectivity index (χ1) is 11.0. The molecule has 2 heterocycles. The lowest BCUT2D eigenvalue weighted by molar-refractivity contribution is -0.120. The van der Waals surface area contributed by atoms with Gasteiger partial charge in [0, 0.05) is 35.8 Å². The van der Waals surface area contributed by atoms with Crippen molar-refractivity contribution in [3.63, 3.8) is 0 Å². The Morgan fingerprint density at radius 1 is 1.22 bits per heavy atom. The van der Waals surface area contributed by atoms with Crippen LogP contribution in [0, 0.1) is 0 Å². The van der Waals surface area contributed by atoms with Crippen LogP contribution in [-0.2, 0) is 4.79 Å². The first kappa shape index (κ1) is 16.1. The second-order valence-corrected chi connectivity index (χ2v) is 6.89. The number of piperidine rings is 2. The second-order valence-electron chi connectivity index (χ2n) is 6.46. The van der Waals surface area contributed by atoms with Crippen molar-refractivity contribution < 1.29 is 9.59 Å². The molecule has 2 N–H and O–H groups in total. The molecular formula is C17H22ClN3O2. The van der Waals surface area contributed by atoms with Crippen LogP contribution in [0.4, 0.5) is 10.5 Å². The van der Waals surface area contributed by atoms with E-state index in [0.29, 0.717) is 10.7 Å². The molecule has 1 aromatic rings. The van der Waals surface area contributed by atoms with Gasteiger partial charge in [0.1, 0.15) is 0 Å². The van der Waals surface area contributed by atoms with Gasteiger partial charge in [0.15, 0.2) is 0 Å². The molecule has 0 aliphatic carbocycles. The molecule has 5 nitrogen and oxygen atoms in total. The van der Waals surface area contributed by atoms with Crippen LogP contribution >= 0.6 is 11.6 Å². The molecule has 2 bridgehead atoms. The molecule has 2 aliphatic heterocycles. The van der Waals surface area contributed by atoms with Crippen LogP contribution in [0.5, 0.6) is 0 Å². The fourth-order valence-corrected chi connectivity index (χ4v) is 4.06. The Morgan fingerprint density at radius 3 is 2.52 bits per heavy atom. The van der Waals surface area contributed by atoms with Crippen molar-refractivity contribution in [1.82, 2.24) is 10.2 Å². The third-order valence-corrected chi connectivity index (χ3v) is 4.93. The number of benzene rings is 1. The molecule has 23 heavy (non-hydrogen) atoms. The lowest BCUT2D eigenvalue weighted by Gasteiger charge is -2.48. The highest BCUT2D eigenvalue weighted by Crippen LogP contribution is 2.34. The van der Waals surface area contributed by atoms with Gasteiger partial charge in [-0.15, -0.1) is 0 Å². The van der Waals surface area contributed by atoms with E-state index < -0.39 is 0 Å². The van der Waals surface area contributed by atoms with Gasteiger partial charge in [0.25, 0.3) is 0 Å². The lowest BCUT2D eigenvalue weighted by atomic mass is 9.82. The highest BCUT2D eigenvalue weighted by atomic mass is 35.5. The van der Waals surface area contributed by atoms with Crippen molar-refractivity contribution in [2.24, 2.45) is 0 Å². The molecule has 2 fully saturated rings. The maximum absolute atomic E-state index is 12.7. The number of anilines is 1. The largest absolute Gasteiger partial charge is 0.353 e. The Labute approximate surface area is 141 Å². The molecule has 2 aliphatic rings. The quantitative estimate of drug-likeness (QED) is 0.870. The summed E-state index contributed by atoms with van der Waals surface area (Å²) in [6.07, 6.45) is 4.80. The number of nitrogens with zero attached hydrogens (tertiary/aromatic N) is 1. The molecule has 6 heteroatoms. The van der Waals surface area contributed by atoms with Crippen molar-refractivity contribution in [3.05, 3.63) is 29.3 Å². The van der Waals surface area contributed by atoms with Crippen molar-refractivity contribution in [3.8, 4) is 0 Å². The minimum atomic E-state index is -0.0664. The zero-order chi connectivity index (χ0) is 16.4. The third-order valence-electron chi connectivity index (χ3n) is 4.69. The summed E-state index contributed by atoms with van der Waals surface area (Å²) in [5.41, 5.74) is 0.713. The summed E-state index contributed by atoms with van der Waals surface area (Å²) >= 11 is 5.97. The number of urea groups is 1. The fourth-order valence-electron chi connectivity index (χ4n) is 3.87.